The molecule has 0 radical (unpaired) electrons. The van der Waals surface area contributed by atoms with E-state index < -0.39 is 24.0 Å². The van der Waals surface area contributed by atoms with Crippen LogP contribution in [0.15, 0.2) is 103 Å². The van der Waals surface area contributed by atoms with Crippen molar-refractivity contribution in [1.29, 1.82) is 0 Å². The number of esters is 1. The van der Waals surface area contributed by atoms with Gasteiger partial charge >= 0.3 is 5.97 Å². The maximum absolute atomic E-state index is 13.3. The molecule has 0 aliphatic carbocycles. The van der Waals surface area contributed by atoms with Gasteiger partial charge in [-0.05, 0) is 29.3 Å². The molecule has 1 fully saturated rings. The van der Waals surface area contributed by atoms with E-state index in [4.69, 9.17) is 9.47 Å². The molecule has 36 heavy (non-hydrogen) atoms. The van der Waals surface area contributed by atoms with Crippen molar-refractivity contribution in [3.8, 4) is 5.75 Å². The molecule has 3 aromatic rings. The Morgan fingerprint density at radius 3 is 2.11 bits per heavy atom. The minimum Gasteiger partial charge on any atom is -0.484 e. The highest BCUT2D eigenvalue weighted by atomic mass is 32.2. The number of β-lactam (4-membered cyclic amide) rings is 1. The van der Waals surface area contributed by atoms with Crippen molar-refractivity contribution < 1.29 is 23.9 Å². The van der Waals surface area contributed by atoms with Crippen molar-refractivity contribution in [2.24, 2.45) is 0 Å². The first-order valence-electron chi connectivity index (χ1n) is 11.5. The molecular weight excluding hydrogens is 476 g/mol. The summed E-state index contributed by atoms with van der Waals surface area (Å²) < 4.78 is 11.4. The number of amides is 2. The van der Waals surface area contributed by atoms with Gasteiger partial charge in [0.2, 0.25) is 0 Å². The van der Waals surface area contributed by atoms with Gasteiger partial charge < -0.3 is 14.8 Å². The topological polar surface area (TPSA) is 84.9 Å². The number of rotatable bonds is 8. The fourth-order valence-corrected chi connectivity index (χ4v) is 5.36. The molecule has 182 valence electrons. The van der Waals surface area contributed by atoms with E-state index in [9.17, 15) is 14.4 Å². The highest BCUT2D eigenvalue weighted by molar-refractivity contribution is 8.00. The number of benzene rings is 3. The molecule has 2 amide bonds. The van der Waals surface area contributed by atoms with Crippen LogP contribution in [0.3, 0.4) is 0 Å². The molecule has 2 heterocycles. The van der Waals surface area contributed by atoms with Crippen molar-refractivity contribution in [2.45, 2.75) is 17.5 Å². The van der Waals surface area contributed by atoms with Crippen LogP contribution in [0.5, 0.6) is 5.75 Å². The lowest BCUT2D eigenvalue weighted by Crippen LogP contribution is -2.70. The molecule has 0 bridgehead atoms. The van der Waals surface area contributed by atoms with E-state index in [-0.39, 0.29) is 23.6 Å². The fraction of sp³-hybridized carbons (Fsp3) is 0.179. The maximum Gasteiger partial charge on any atom is 0.355 e. The van der Waals surface area contributed by atoms with Crippen LogP contribution in [0.1, 0.15) is 17.2 Å². The summed E-state index contributed by atoms with van der Waals surface area (Å²) in [5.74, 6) is -0.236. The molecule has 1 N–H and O–H groups in total. The van der Waals surface area contributed by atoms with Crippen molar-refractivity contribution in [3.05, 3.63) is 114 Å². The number of para-hydroxylation sites is 1. The van der Waals surface area contributed by atoms with Gasteiger partial charge in [-0.2, -0.15) is 0 Å². The summed E-state index contributed by atoms with van der Waals surface area (Å²) in [6.45, 7) is -0.203. The molecule has 2 atom stereocenters. The maximum atomic E-state index is 13.3. The van der Waals surface area contributed by atoms with Crippen molar-refractivity contribution >= 4 is 29.5 Å². The summed E-state index contributed by atoms with van der Waals surface area (Å²) >= 11 is 1.48. The molecule has 1 unspecified atom stereocenters. The number of carbonyl (C=O) groups excluding carboxylic acids is 3. The van der Waals surface area contributed by atoms with Crippen molar-refractivity contribution in [1.82, 2.24) is 10.2 Å². The van der Waals surface area contributed by atoms with E-state index in [0.29, 0.717) is 11.5 Å². The van der Waals surface area contributed by atoms with E-state index >= 15 is 0 Å². The van der Waals surface area contributed by atoms with Gasteiger partial charge in [-0.25, -0.2) is 4.79 Å². The highest BCUT2D eigenvalue weighted by Crippen LogP contribution is 2.39. The number of thioether (sulfide) groups is 1. The fourth-order valence-electron chi connectivity index (χ4n) is 4.16. The van der Waals surface area contributed by atoms with Gasteiger partial charge in [0.1, 0.15) is 22.9 Å². The Morgan fingerprint density at radius 1 is 0.917 bits per heavy atom. The quantitative estimate of drug-likeness (QED) is 0.375. The second kappa shape index (κ2) is 10.7. The largest absolute Gasteiger partial charge is 0.484 e. The van der Waals surface area contributed by atoms with E-state index in [1.54, 1.807) is 18.2 Å². The van der Waals surface area contributed by atoms with E-state index in [1.807, 2.05) is 78.9 Å². The Balaban J connectivity index is 1.24. The van der Waals surface area contributed by atoms with Gasteiger partial charge in [-0.15, -0.1) is 11.8 Å². The number of nitrogens with one attached hydrogen (secondary N) is 1. The molecule has 1 saturated heterocycles. The standard InChI is InChI=1S/C28H24N2O5S/c31-23(18-34-21-14-8-3-9-15-21)29-24-26(32)30-22(16-17-36-27(24)30)28(33)35-25(19-10-4-1-5-11-19)20-12-6-2-7-13-20/h1-16,24-25,27H,17-18H2,(H,29,31)/t24?,27-/m1/s1. The first-order chi connectivity index (χ1) is 17.6. The number of hydrogen-bond donors (Lipinski definition) is 1. The lowest BCUT2D eigenvalue weighted by Gasteiger charge is -2.48. The SMILES string of the molecule is O=C(COc1ccccc1)NC1C(=O)N2C(C(=O)OC(c3ccccc3)c3ccccc3)=CCS[C@H]12. The highest BCUT2D eigenvalue weighted by Gasteiger charge is 2.53. The van der Waals surface area contributed by atoms with Crippen molar-refractivity contribution in [2.75, 3.05) is 12.4 Å². The Morgan fingerprint density at radius 2 is 1.50 bits per heavy atom. The second-order valence-electron chi connectivity index (χ2n) is 8.28. The Bertz CT molecular complexity index is 1230. The van der Waals surface area contributed by atoms with Crippen LogP contribution in [-0.2, 0) is 19.1 Å². The lowest BCUT2D eigenvalue weighted by atomic mass is 10.0. The molecule has 2 aliphatic heterocycles. The lowest BCUT2D eigenvalue weighted by molar-refractivity contribution is -0.154. The summed E-state index contributed by atoms with van der Waals surface area (Å²) in [7, 11) is 0. The third-order valence-corrected chi connectivity index (χ3v) is 7.10. The predicted molar refractivity (Wildman–Crippen MR) is 136 cm³/mol. The zero-order chi connectivity index (χ0) is 24.9. The van der Waals surface area contributed by atoms with E-state index in [2.05, 4.69) is 5.32 Å². The number of ether oxygens (including phenoxy) is 2. The van der Waals surface area contributed by atoms with E-state index in [0.717, 1.165) is 11.1 Å². The molecule has 5 rings (SSSR count). The van der Waals surface area contributed by atoms with Gasteiger partial charge in [0.25, 0.3) is 11.8 Å². The van der Waals surface area contributed by atoms with Crippen LogP contribution < -0.4 is 10.1 Å². The molecule has 8 heteroatoms. The summed E-state index contributed by atoms with van der Waals surface area (Å²) in [6, 6.07) is 27.2. The second-order valence-corrected chi connectivity index (χ2v) is 9.42. The summed E-state index contributed by atoms with van der Waals surface area (Å²) in [6.07, 6.45) is 1.08. The number of hydrogen-bond acceptors (Lipinski definition) is 6. The zero-order valence-corrected chi connectivity index (χ0v) is 20.1. The van der Waals surface area contributed by atoms with Gasteiger partial charge in [0.05, 0.1) is 0 Å². The average molecular weight is 501 g/mol. The van der Waals surface area contributed by atoms with Crippen LogP contribution >= 0.6 is 11.8 Å². The first-order valence-corrected chi connectivity index (χ1v) is 12.6. The normalized spacial score (nSPS) is 18.5. The van der Waals surface area contributed by atoms with Crippen LogP contribution in [0.25, 0.3) is 0 Å². The Hall–Kier alpha value is -4.04. The van der Waals surface area contributed by atoms with Gasteiger partial charge in [-0.3, -0.25) is 14.5 Å². The molecule has 7 nitrogen and oxygen atoms in total. The van der Waals surface area contributed by atoms with Crippen LogP contribution in [0, 0.1) is 0 Å². The Labute approximate surface area is 213 Å². The summed E-state index contributed by atoms with van der Waals surface area (Å²) in [5, 5.41) is 2.36. The van der Waals surface area contributed by atoms with Crippen molar-refractivity contribution in [3.63, 3.8) is 0 Å². The Kier molecular flexibility index (Phi) is 7.04. The minimum absolute atomic E-state index is 0.201. The molecule has 0 saturated carbocycles. The third-order valence-electron chi connectivity index (χ3n) is 5.91. The number of fused-ring (bicyclic) bond motifs is 1. The molecule has 3 aromatic carbocycles. The smallest absolute Gasteiger partial charge is 0.355 e. The molecule has 2 aliphatic rings. The van der Waals surface area contributed by atoms with Gasteiger partial charge in [0, 0.05) is 5.75 Å². The van der Waals surface area contributed by atoms with E-state index in [1.165, 1.54) is 16.7 Å². The van der Waals surface area contributed by atoms with Crippen LogP contribution in [0.2, 0.25) is 0 Å². The minimum atomic E-state index is -0.725. The molecule has 0 aromatic heterocycles. The first kappa shape index (κ1) is 23.7. The molecule has 0 spiro atoms. The summed E-state index contributed by atoms with van der Waals surface area (Å²) in [5.41, 5.74) is 1.86. The average Bonchev–Trinajstić information content (AvgIpc) is 2.94. The predicted octanol–water partition coefficient (Wildman–Crippen LogP) is 3.68. The van der Waals surface area contributed by atoms with Crippen LogP contribution in [-0.4, -0.2) is 46.5 Å². The number of nitrogens with zero attached hydrogens (tertiary/aromatic N) is 1. The van der Waals surface area contributed by atoms with Gasteiger partial charge in [-0.1, -0.05) is 78.9 Å². The molecular formula is C28H24N2O5S. The monoisotopic (exact) mass is 500 g/mol. The zero-order valence-electron chi connectivity index (χ0n) is 19.3. The van der Waals surface area contributed by atoms with Gasteiger partial charge in [0.15, 0.2) is 12.7 Å². The number of carbonyl (C=O) groups is 3. The third kappa shape index (κ3) is 4.99. The summed E-state index contributed by atoms with van der Waals surface area (Å²) in [4.78, 5) is 40.0. The van der Waals surface area contributed by atoms with Crippen LogP contribution in [0.4, 0.5) is 0 Å².